The number of carbonyl (C=O) groups excluding carboxylic acids is 3. The first-order valence-electron chi connectivity index (χ1n) is 9.69. The van der Waals surface area contributed by atoms with E-state index in [-0.39, 0.29) is 35.0 Å². The fourth-order valence-electron chi connectivity index (χ4n) is 5.24. The van der Waals surface area contributed by atoms with Crippen LogP contribution in [0.25, 0.3) is 5.76 Å². The number of Topliss-reactive ketones (excluding diaryl/α,β-unsaturated/α-hetero) is 2. The normalized spacial score (nSPS) is 31.1. The predicted octanol–water partition coefficient (Wildman–Crippen LogP) is 0.530. The van der Waals surface area contributed by atoms with Crippen molar-refractivity contribution in [2.24, 2.45) is 17.6 Å². The lowest BCUT2D eigenvalue weighted by molar-refractivity contribution is -0.155. The smallest absolute Gasteiger partial charge is 0.255 e. The maximum absolute atomic E-state index is 13.6. The van der Waals surface area contributed by atoms with Gasteiger partial charge in [-0.3, -0.25) is 19.3 Å². The zero-order valence-corrected chi connectivity index (χ0v) is 19.0. The summed E-state index contributed by atoms with van der Waals surface area (Å²) >= 11 is 6.19. The Morgan fingerprint density at radius 3 is 2.36 bits per heavy atom. The van der Waals surface area contributed by atoms with E-state index < -0.39 is 75.5 Å². The lowest BCUT2D eigenvalue weighted by Crippen LogP contribution is -2.66. The molecule has 0 saturated heterocycles. The summed E-state index contributed by atoms with van der Waals surface area (Å²) in [4.78, 5) is 39.8. The number of primary amides is 1. The van der Waals surface area contributed by atoms with Gasteiger partial charge < -0.3 is 31.3 Å². The van der Waals surface area contributed by atoms with E-state index in [2.05, 4.69) is 0 Å². The van der Waals surface area contributed by atoms with E-state index in [0.717, 1.165) is 0 Å². The van der Waals surface area contributed by atoms with Gasteiger partial charge in [0.15, 0.2) is 11.4 Å². The molecule has 0 spiro atoms. The van der Waals surface area contributed by atoms with E-state index in [0.29, 0.717) is 0 Å². The van der Waals surface area contributed by atoms with Crippen LogP contribution in [0.1, 0.15) is 23.7 Å². The van der Waals surface area contributed by atoms with Crippen LogP contribution in [0.5, 0.6) is 5.75 Å². The first kappa shape index (κ1) is 25.0. The molecule has 3 aliphatic rings. The highest BCUT2D eigenvalue weighted by Crippen LogP contribution is 2.56. The lowest BCUT2D eigenvalue weighted by atomic mass is 9.57. The summed E-state index contributed by atoms with van der Waals surface area (Å²) in [5.74, 6) is -8.19. The number of ketones is 2. The van der Waals surface area contributed by atoms with Crippen LogP contribution in [0.15, 0.2) is 29.0 Å². The minimum absolute atomic E-state index is 0. The molecule has 10 nitrogen and oxygen atoms in total. The Labute approximate surface area is 199 Å². The number of phenols is 1. The molecule has 5 atom stereocenters. The average Bonchev–Trinajstić information content (AvgIpc) is 2.69. The van der Waals surface area contributed by atoms with Crippen LogP contribution in [-0.2, 0) is 14.4 Å². The Morgan fingerprint density at radius 1 is 1.21 bits per heavy atom. The van der Waals surface area contributed by atoms with E-state index >= 15 is 0 Å². The molecule has 1 fully saturated rings. The van der Waals surface area contributed by atoms with E-state index in [1.807, 2.05) is 0 Å². The van der Waals surface area contributed by atoms with Crippen molar-refractivity contribution in [3.63, 3.8) is 0 Å². The zero-order valence-electron chi connectivity index (χ0n) is 17.4. The molecule has 0 aliphatic heterocycles. The third-order valence-electron chi connectivity index (χ3n) is 6.64. The van der Waals surface area contributed by atoms with Crippen molar-refractivity contribution in [1.82, 2.24) is 4.90 Å². The van der Waals surface area contributed by atoms with Gasteiger partial charge in [0.2, 0.25) is 5.78 Å². The Balaban J connectivity index is 0.00000306. The quantitative estimate of drug-likeness (QED) is 0.315. The lowest BCUT2D eigenvalue weighted by Gasteiger charge is -2.51. The molecule has 0 heterocycles. The summed E-state index contributed by atoms with van der Waals surface area (Å²) in [6.07, 6.45) is -1.70. The molecule has 178 valence electrons. The maximum atomic E-state index is 13.6. The Hall–Kier alpha value is -2.63. The summed E-state index contributed by atoms with van der Waals surface area (Å²) < 4.78 is 0. The van der Waals surface area contributed by atoms with Crippen LogP contribution >= 0.6 is 24.0 Å². The Bertz CT molecular complexity index is 1160. The first-order chi connectivity index (χ1) is 14.8. The molecule has 33 heavy (non-hydrogen) atoms. The standard InChI is InChI=1S/C21H21ClN2O8.ClH/c1-24(2)14-7-5-6-10(16(27)12-9(25)4-3-8(22)11(12)15(6)26)18(29)21(7,32)19(30)13(17(14)28)20(23)31;/h3-4,6-7,14-15,25-27,30,32H,5H2,1-2H3,(H2,23,31);1H/t6-,7-,14+,15-,21-;/m0./s1. The SMILES string of the molecule is CN(C)[C@H]1C(=O)C(C(N)=O)=C(O)[C@@]2(O)C(=O)C3=C(O)c4c(O)ccc(Cl)c4[C@@H](O)[C@H]3C[C@@H]12.Cl. The Kier molecular flexibility index (Phi) is 6.06. The van der Waals surface area contributed by atoms with Crippen molar-refractivity contribution < 1.29 is 39.9 Å². The van der Waals surface area contributed by atoms with Crippen LogP contribution in [0.3, 0.4) is 0 Å². The van der Waals surface area contributed by atoms with E-state index in [9.17, 15) is 39.9 Å². The third kappa shape index (κ3) is 3.09. The summed E-state index contributed by atoms with van der Waals surface area (Å²) in [6.45, 7) is 0. The van der Waals surface area contributed by atoms with Crippen LogP contribution in [0.2, 0.25) is 5.02 Å². The molecule has 1 aromatic rings. The molecule has 1 amide bonds. The van der Waals surface area contributed by atoms with Gasteiger partial charge in [-0.2, -0.15) is 0 Å². The number of fused-ring (bicyclic) bond motifs is 3. The third-order valence-corrected chi connectivity index (χ3v) is 6.97. The van der Waals surface area contributed by atoms with E-state index in [1.54, 1.807) is 0 Å². The van der Waals surface area contributed by atoms with Gasteiger partial charge in [0, 0.05) is 28.0 Å². The minimum Gasteiger partial charge on any atom is -0.508 e. The van der Waals surface area contributed by atoms with Gasteiger partial charge in [0.25, 0.3) is 5.91 Å². The monoisotopic (exact) mass is 500 g/mol. The number of benzene rings is 1. The van der Waals surface area contributed by atoms with Crippen molar-refractivity contribution in [1.29, 1.82) is 0 Å². The maximum Gasteiger partial charge on any atom is 0.255 e. The van der Waals surface area contributed by atoms with Crippen molar-refractivity contribution in [2.45, 2.75) is 24.2 Å². The second kappa shape index (κ2) is 8.00. The van der Waals surface area contributed by atoms with Crippen LogP contribution in [0.4, 0.5) is 0 Å². The first-order valence-corrected chi connectivity index (χ1v) is 10.1. The number of hydrogen-bond acceptors (Lipinski definition) is 9. The van der Waals surface area contributed by atoms with Crippen molar-refractivity contribution >= 4 is 47.2 Å². The molecule has 7 N–H and O–H groups in total. The van der Waals surface area contributed by atoms with Crippen molar-refractivity contribution in [3.8, 4) is 5.75 Å². The molecule has 0 bridgehead atoms. The van der Waals surface area contributed by atoms with Gasteiger partial charge in [-0.1, -0.05) is 11.6 Å². The largest absolute Gasteiger partial charge is 0.508 e. The number of nitrogens with two attached hydrogens (primary N) is 1. The highest BCUT2D eigenvalue weighted by atomic mass is 35.5. The molecular formula is C21H22Cl2N2O8. The second-order valence-corrected chi connectivity index (χ2v) is 8.87. The fraction of sp³-hybridized carbons (Fsp3) is 0.381. The second-order valence-electron chi connectivity index (χ2n) is 8.47. The number of nitrogens with zero attached hydrogens (tertiary/aromatic N) is 1. The highest BCUT2D eigenvalue weighted by molar-refractivity contribution is 6.32. The van der Waals surface area contributed by atoms with Crippen LogP contribution < -0.4 is 5.73 Å². The van der Waals surface area contributed by atoms with Gasteiger partial charge >= 0.3 is 0 Å². The molecule has 4 rings (SSSR count). The number of amides is 1. The predicted molar refractivity (Wildman–Crippen MR) is 118 cm³/mol. The van der Waals surface area contributed by atoms with E-state index in [1.165, 1.54) is 31.1 Å². The number of halogens is 2. The molecule has 1 saturated carbocycles. The average molecular weight is 501 g/mol. The number of aromatic hydroxyl groups is 1. The highest BCUT2D eigenvalue weighted by Gasteiger charge is 2.65. The van der Waals surface area contributed by atoms with Gasteiger partial charge in [-0.15, -0.1) is 12.4 Å². The summed E-state index contributed by atoms with van der Waals surface area (Å²) in [6, 6.07) is 1.25. The Morgan fingerprint density at radius 2 is 1.82 bits per heavy atom. The molecule has 0 unspecified atom stereocenters. The number of phenolic OH excluding ortho intramolecular Hbond substituents is 1. The topological polar surface area (TPSA) is 182 Å². The molecule has 0 aromatic heterocycles. The number of rotatable bonds is 2. The fourth-order valence-corrected chi connectivity index (χ4v) is 5.51. The number of carbonyl (C=O) groups is 3. The van der Waals surface area contributed by atoms with Gasteiger partial charge in [0.05, 0.1) is 17.7 Å². The van der Waals surface area contributed by atoms with Gasteiger partial charge in [0.1, 0.15) is 22.8 Å². The molecular weight excluding hydrogens is 479 g/mol. The summed E-state index contributed by atoms with van der Waals surface area (Å²) in [7, 11) is 2.97. The number of aliphatic hydroxyl groups is 4. The van der Waals surface area contributed by atoms with Gasteiger partial charge in [-0.05, 0) is 32.6 Å². The summed E-state index contributed by atoms with van der Waals surface area (Å²) in [5.41, 5.74) is 0.845. The number of hydrogen-bond donors (Lipinski definition) is 6. The number of likely N-dealkylation sites (N-methyl/N-ethyl adjacent to an activating group) is 1. The van der Waals surface area contributed by atoms with Crippen LogP contribution in [-0.4, -0.2) is 73.6 Å². The van der Waals surface area contributed by atoms with Crippen LogP contribution in [0, 0.1) is 11.8 Å². The molecule has 3 aliphatic carbocycles. The van der Waals surface area contributed by atoms with Crippen molar-refractivity contribution in [2.75, 3.05) is 14.1 Å². The summed E-state index contributed by atoms with van der Waals surface area (Å²) in [5, 5.41) is 54.4. The van der Waals surface area contributed by atoms with E-state index in [4.69, 9.17) is 17.3 Å². The molecule has 0 radical (unpaired) electrons. The zero-order chi connectivity index (χ0) is 23.9. The van der Waals surface area contributed by atoms with Crippen molar-refractivity contribution in [3.05, 3.63) is 45.2 Å². The minimum atomic E-state index is -2.77. The molecule has 12 heteroatoms. The molecule has 1 aromatic carbocycles. The number of aliphatic hydroxyl groups excluding tert-OH is 3. The van der Waals surface area contributed by atoms with Gasteiger partial charge in [-0.25, -0.2) is 0 Å².